The largest absolute Gasteiger partial charge is 0.493 e. The van der Waals surface area contributed by atoms with Crippen molar-refractivity contribution in [2.45, 2.75) is 51.1 Å². The van der Waals surface area contributed by atoms with Crippen molar-refractivity contribution < 1.29 is 9.53 Å². The van der Waals surface area contributed by atoms with Gasteiger partial charge in [-0.1, -0.05) is 15.9 Å². The lowest BCUT2D eigenvalue weighted by atomic mass is 9.93. The molecule has 2 amide bonds. The molecule has 1 N–H and O–H groups in total. The lowest BCUT2D eigenvalue weighted by molar-refractivity contribution is 0.176. The Kier molecular flexibility index (Phi) is 5.90. The van der Waals surface area contributed by atoms with Gasteiger partial charge in [0.2, 0.25) is 0 Å². The molecule has 0 saturated carbocycles. The molecule has 150 valence electrons. The molecule has 1 atom stereocenters. The van der Waals surface area contributed by atoms with Crippen LogP contribution in [0.25, 0.3) is 0 Å². The first kappa shape index (κ1) is 19.3. The second-order valence-corrected chi connectivity index (χ2v) is 8.42. The highest BCUT2D eigenvalue weighted by Gasteiger charge is 2.28. The standard InChI is InChI=1S/C21H27BrN4O2/c1-2-26-19(7-10-23-26)15-8-11-25(12-9-15)21(27)24-18-4-3-13-28-20-6-5-16(22)14-17(18)20/h5-7,10,14-15,18H,2-4,8-9,11-13H2,1H3,(H,24,27). The molecule has 1 aromatic carbocycles. The predicted molar refractivity (Wildman–Crippen MR) is 112 cm³/mol. The van der Waals surface area contributed by atoms with Crippen molar-refractivity contribution in [1.29, 1.82) is 0 Å². The Morgan fingerprint density at radius 1 is 1.29 bits per heavy atom. The fraction of sp³-hybridized carbons (Fsp3) is 0.524. The second kappa shape index (κ2) is 8.55. The molecule has 0 aliphatic carbocycles. The molecule has 4 rings (SSSR count). The molecule has 2 aliphatic heterocycles. The van der Waals surface area contributed by atoms with Gasteiger partial charge < -0.3 is 15.0 Å². The number of amides is 2. The highest BCUT2D eigenvalue weighted by atomic mass is 79.9. The molecule has 1 unspecified atom stereocenters. The molecule has 1 fully saturated rings. The van der Waals surface area contributed by atoms with E-state index in [1.165, 1.54) is 5.69 Å². The lowest BCUT2D eigenvalue weighted by Gasteiger charge is -2.33. The minimum Gasteiger partial charge on any atom is -0.493 e. The van der Waals surface area contributed by atoms with Crippen molar-refractivity contribution in [3.05, 3.63) is 46.2 Å². The summed E-state index contributed by atoms with van der Waals surface area (Å²) in [7, 11) is 0. The van der Waals surface area contributed by atoms with Gasteiger partial charge in [-0.05, 0) is 56.9 Å². The molecular weight excluding hydrogens is 420 g/mol. The number of piperidine rings is 1. The number of carbonyl (C=O) groups is 1. The van der Waals surface area contributed by atoms with Crippen LogP contribution in [0.3, 0.4) is 0 Å². The van der Waals surface area contributed by atoms with Crippen LogP contribution in [0, 0.1) is 0 Å². The van der Waals surface area contributed by atoms with Crippen molar-refractivity contribution in [2.75, 3.05) is 19.7 Å². The van der Waals surface area contributed by atoms with Crippen LogP contribution in [0.2, 0.25) is 0 Å². The summed E-state index contributed by atoms with van der Waals surface area (Å²) < 4.78 is 8.92. The van der Waals surface area contributed by atoms with Crippen LogP contribution in [0.15, 0.2) is 34.9 Å². The Morgan fingerprint density at radius 2 is 2.11 bits per heavy atom. The van der Waals surface area contributed by atoms with Gasteiger partial charge in [0.1, 0.15) is 5.75 Å². The van der Waals surface area contributed by atoms with E-state index in [4.69, 9.17) is 4.74 Å². The number of aromatic nitrogens is 2. The quantitative estimate of drug-likeness (QED) is 0.756. The van der Waals surface area contributed by atoms with Crippen LogP contribution in [0.1, 0.15) is 55.8 Å². The number of ether oxygens (including phenoxy) is 1. The van der Waals surface area contributed by atoms with E-state index in [2.05, 4.69) is 50.1 Å². The molecule has 28 heavy (non-hydrogen) atoms. The monoisotopic (exact) mass is 446 g/mol. The number of urea groups is 1. The molecule has 0 spiro atoms. The van der Waals surface area contributed by atoms with Gasteiger partial charge in [0.25, 0.3) is 0 Å². The van der Waals surface area contributed by atoms with Crippen LogP contribution < -0.4 is 10.1 Å². The average molecular weight is 447 g/mol. The number of aryl methyl sites for hydroxylation is 1. The summed E-state index contributed by atoms with van der Waals surface area (Å²) in [6.45, 7) is 5.25. The molecule has 3 heterocycles. The van der Waals surface area contributed by atoms with E-state index < -0.39 is 0 Å². The molecular formula is C21H27BrN4O2. The summed E-state index contributed by atoms with van der Waals surface area (Å²) in [5.41, 5.74) is 2.35. The molecule has 0 radical (unpaired) electrons. The van der Waals surface area contributed by atoms with E-state index in [0.29, 0.717) is 12.5 Å². The maximum Gasteiger partial charge on any atom is 0.317 e. The summed E-state index contributed by atoms with van der Waals surface area (Å²) in [5.74, 6) is 1.35. The topological polar surface area (TPSA) is 59.4 Å². The Labute approximate surface area is 174 Å². The van der Waals surface area contributed by atoms with Crippen molar-refractivity contribution in [3.8, 4) is 5.75 Å². The Bertz CT molecular complexity index is 830. The maximum atomic E-state index is 12.9. The second-order valence-electron chi connectivity index (χ2n) is 7.51. The highest BCUT2D eigenvalue weighted by molar-refractivity contribution is 9.10. The van der Waals surface area contributed by atoms with Gasteiger partial charge in [0.15, 0.2) is 0 Å². The average Bonchev–Trinajstić information content (AvgIpc) is 3.11. The summed E-state index contributed by atoms with van der Waals surface area (Å²) in [4.78, 5) is 14.9. The third kappa shape index (κ3) is 4.04. The zero-order chi connectivity index (χ0) is 19.5. The molecule has 2 aromatic rings. The van der Waals surface area contributed by atoms with E-state index >= 15 is 0 Å². The van der Waals surface area contributed by atoms with Crippen molar-refractivity contribution >= 4 is 22.0 Å². The van der Waals surface area contributed by atoms with E-state index in [1.54, 1.807) is 0 Å². The van der Waals surface area contributed by atoms with Crippen LogP contribution in [-0.2, 0) is 6.54 Å². The molecule has 2 aliphatic rings. The van der Waals surface area contributed by atoms with E-state index in [-0.39, 0.29) is 12.1 Å². The van der Waals surface area contributed by atoms with Crippen LogP contribution in [0.5, 0.6) is 5.75 Å². The first-order valence-electron chi connectivity index (χ1n) is 10.1. The van der Waals surface area contributed by atoms with E-state index in [9.17, 15) is 4.79 Å². The van der Waals surface area contributed by atoms with Gasteiger partial charge in [0, 0.05) is 47.5 Å². The minimum atomic E-state index is -0.0123. The smallest absolute Gasteiger partial charge is 0.317 e. The molecule has 1 saturated heterocycles. The lowest BCUT2D eigenvalue weighted by Crippen LogP contribution is -2.45. The predicted octanol–water partition coefficient (Wildman–Crippen LogP) is 4.47. The summed E-state index contributed by atoms with van der Waals surface area (Å²) >= 11 is 3.54. The summed E-state index contributed by atoms with van der Waals surface area (Å²) in [5, 5.41) is 7.64. The Balaban J connectivity index is 1.39. The van der Waals surface area contributed by atoms with Gasteiger partial charge in [0.05, 0.1) is 12.6 Å². The van der Waals surface area contributed by atoms with Crippen LogP contribution in [-0.4, -0.2) is 40.4 Å². The van der Waals surface area contributed by atoms with E-state index in [0.717, 1.165) is 61.1 Å². The van der Waals surface area contributed by atoms with Gasteiger partial charge in [-0.2, -0.15) is 5.10 Å². The number of halogens is 1. The highest BCUT2D eigenvalue weighted by Crippen LogP contribution is 2.34. The molecule has 0 bridgehead atoms. The first-order valence-corrected chi connectivity index (χ1v) is 10.9. The fourth-order valence-electron chi connectivity index (χ4n) is 4.27. The fourth-order valence-corrected chi connectivity index (χ4v) is 4.65. The zero-order valence-corrected chi connectivity index (χ0v) is 17.8. The van der Waals surface area contributed by atoms with Gasteiger partial charge in [-0.3, -0.25) is 4.68 Å². The first-order chi connectivity index (χ1) is 13.7. The number of rotatable bonds is 3. The molecule has 7 heteroatoms. The van der Waals surface area contributed by atoms with Gasteiger partial charge in [-0.25, -0.2) is 4.79 Å². The van der Waals surface area contributed by atoms with Crippen LogP contribution >= 0.6 is 15.9 Å². The van der Waals surface area contributed by atoms with Crippen LogP contribution in [0.4, 0.5) is 4.79 Å². The number of carbonyl (C=O) groups excluding carboxylic acids is 1. The SMILES string of the molecule is CCn1nccc1C1CCN(C(=O)NC2CCCOc3ccc(Br)cc32)CC1. The number of fused-ring (bicyclic) bond motifs is 1. The third-order valence-corrected chi connectivity index (χ3v) is 6.28. The molecule has 1 aromatic heterocycles. The Hall–Kier alpha value is -2.02. The van der Waals surface area contributed by atoms with Gasteiger partial charge >= 0.3 is 6.03 Å². The zero-order valence-electron chi connectivity index (χ0n) is 16.2. The minimum absolute atomic E-state index is 0.0123. The number of likely N-dealkylation sites (tertiary alicyclic amines) is 1. The number of hydrogen-bond donors (Lipinski definition) is 1. The summed E-state index contributed by atoms with van der Waals surface area (Å²) in [6.07, 6.45) is 5.66. The number of benzene rings is 1. The van der Waals surface area contributed by atoms with Crippen molar-refractivity contribution in [1.82, 2.24) is 20.0 Å². The summed E-state index contributed by atoms with van der Waals surface area (Å²) in [6, 6.07) is 8.15. The van der Waals surface area contributed by atoms with Crippen molar-refractivity contribution in [2.24, 2.45) is 0 Å². The van der Waals surface area contributed by atoms with Crippen molar-refractivity contribution in [3.63, 3.8) is 0 Å². The number of hydrogen-bond acceptors (Lipinski definition) is 3. The van der Waals surface area contributed by atoms with E-state index in [1.807, 2.05) is 23.2 Å². The maximum absolute atomic E-state index is 12.9. The number of nitrogens with zero attached hydrogens (tertiary/aromatic N) is 3. The third-order valence-electron chi connectivity index (χ3n) is 5.79. The normalized spacial score (nSPS) is 20.2. The Morgan fingerprint density at radius 3 is 2.89 bits per heavy atom. The number of nitrogens with one attached hydrogen (secondary N) is 1. The van der Waals surface area contributed by atoms with Gasteiger partial charge in [-0.15, -0.1) is 0 Å². The molecule has 6 nitrogen and oxygen atoms in total.